The summed E-state index contributed by atoms with van der Waals surface area (Å²) in [6, 6.07) is 5.76. The van der Waals surface area contributed by atoms with Crippen LogP contribution in [0.25, 0.3) is 0 Å². The predicted octanol–water partition coefficient (Wildman–Crippen LogP) is 2.40. The predicted molar refractivity (Wildman–Crippen MR) is 39.5 cm³/mol. The van der Waals surface area contributed by atoms with Gasteiger partial charge in [0.2, 0.25) is 0 Å². The van der Waals surface area contributed by atoms with Crippen LogP contribution in [0.2, 0.25) is 0 Å². The Morgan fingerprint density at radius 3 is 2.90 bits per heavy atom. The molecule has 0 fully saturated rings. The maximum absolute atomic E-state index is 12.8. The molecule has 1 aromatic carbocycles. The zero-order valence-corrected chi connectivity index (χ0v) is 6.90. The Bertz CT molecular complexity index is 237. The van der Waals surface area contributed by atoms with E-state index in [2.05, 4.69) is 26.7 Å². The second kappa shape index (κ2) is 3.01. The van der Waals surface area contributed by atoms with Crippen LogP contribution in [0.3, 0.4) is 0 Å². The van der Waals surface area contributed by atoms with Crippen molar-refractivity contribution in [2.75, 3.05) is 7.11 Å². The summed E-state index contributed by atoms with van der Waals surface area (Å²) >= 11 is 3.01. The van der Waals surface area contributed by atoms with Crippen LogP contribution in [-0.4, -0.2) is 7.11 Å². The number of hydrogen-bond acceptors (Lipinski definition) is 1. The van der Waals surface area contributed by atoms with Crippen LogP contribution in [0.1, 0.15) is 0 Å². The molecule has 0 heterocycles. The van der Waals surface area contributed by atoms with Gasteiger partial charge in [0.15, 0.2) is 11.6 Å². The standard InChI is InChI=1S/C7H5BrFO/c1-10-6-4-2-3-5(8)7(6)9/h2-3H,1H3. The van der Waals surface area contributed by atoms with Crippen LogP contribution >= 0.6 is 15.9 Å². The monoisotopic (exact) mass is 203 g/mol. The lowest BCUT2D eigenvalue weighted by molar-refractivity contribution is 0.384. The van der Waals surface area contributed by atoms with Gasteiger partial charge in [-0.05, 0) is 28.1 Å². The third-order valence-corrected chi connectivity index (χ3v) is 1.67. The zero-order valence-electron chi connectivity index (χ0n) is 5.32. The van der Waals surface area contributed by atoms with Crippen LogP contribution in [0.5, 0.6) is 5.75 Å². The van der Waals surface area contributed by atoms with Gasteiger partial charge in [-0.25, -0.2) is 4.39 Å². The summed E-state index contributed by atoms with van der Waals surface area (Å²) in [6.45, 7) is 0. The third kappa shape index (κ3) is 1.29. The smallest absolute Gasteiger partial charge is 0.179 e. The fraction of sp³-hybridized carbons (Fsp3) is 0.143. The van der Waals surface area contributed by atoms with Crippen molar-refractivity contribution >= 4 is 15.9 Å². The number of benzene rings is 1. The van der Waals surface area contributed by atoms with Gasteiger partial charge in [-0.2, -0.15) is 0 Å². The maximum atomic E-state index is 12.8. The average Bonchev–Trinajstić information content (AvgIpc) is 1.95. The lowest BCUT2D eigenvalue weighted by Crippen LogP contribution is -1.87. The highest BCUT2D eigenvalue weighted by atomic mass is 79.9. The topological polar surface area (TPSA) is 9.23 Å². The van der Waals surface area contributed by atoms with Gasteiger partial charge in [-0.3, -0.25) is 0 Å². The van der Waals surface area contributed by atoms with Gasteiger partial charge in [0.25, 0.3) is 0 Å². The van der Waals surface area contributed by atoms with Crippen molar-refractivity contribution in [2.45, 2.75) is 0 Å². The quantitative estimate of drug-likeness (QED) is 0.682. The van der Waals surface area contributed by atoms with Gasteiger partial charge >= 0.3 is 0 Å². The molecule has 1 radical (unpaired) electrons. The minimum atomic E-state index is -0.412. The normalized spacial score (nSPS) is 9.50. The number of ether oxygens (including phenoxy) is 1. The summed E-state index contributed by atoms with van der Waals surface area (Å²) in [4.78, 5) is 0. The van der Waals surface area contributed by atoms with Crippen LogP contribution < -0.4 is 4.74 Å². The first-order valence-corrected chi connectivity index (χ1v) is 3.44. The Kier molecular flexibility index (Phi) is 2.27. The van der Waals surface area contributed by atoms with Crippen LogP contribution in [0, 0.1) is 11.9 Å². The van der Waals surface area contributed by atoms with Crippen molar-refractivity contribution in [3.8, 4) is 5.75 Å². The van der Waals surface area contributed by atoms with E-state index in [9.17, 15) is 4.39 Å². The lowest BCUT2D eigenvalue weighted by atomic mass is 10.3. The Morgan fingerprint density at radius 1 is 1.70 bits per heavy atom. The van der Waals surface area contributed by atoms with Crippen molar-refractivity contribution in [3.05, 3.63) is 28.5 Å². The highest BCUT2D eigenvalue weighted by molar-refractivity contribution is 9.10. The Labute approximate surface area is 66.9 Å². The molecular weight excluding hydrogens is 199 g/mol. The fourth-order valence-corrected chi connectivity index (χ4v) is 0.896. The first kappa shape index (κ1) is 7.54. The molecule has 53 valence electrons. The molecule has 0 atom stereocenters. The summed E-state index contributed by atoms with van der Waals surface area (Å²) in [5.74, 6) is -0.278. The fourth-order valence-electron chi connectivity index (χ4n) is 0.584. The second-order valence-corrected chi connectivity index (χ2v) is 2.53. The average molecular weight is 204 g/mol. The van der Waals surface area contributed by atoms with Crippen LogP contribution in [0.15, 0.2) is 16.6 Å². The summed E-state index contributed by atoms with van der Waals surface area (Å²) in [5.41, 5.74) is 0. The van der Waals surface area contributed by atoms with Gasteiger partial charge in [0.05, 0.1) is 11.6 Å². The van der Waals surface area contributed by atoms with Crippen molar-refractivity contribution in [3.63, 3.8) is 0 Å². The van der Waals surface area contributed by atoms with E-state index in [0.29, 0.717) is 4.47 Å². The summed E-state index contributed by atoms with van der Waals surface area (Å²) in [7, 11) is 1.40. The van der Waals surface area contributed by atoms with E-state index < -0.39 is 5.82 Å². The van der Waals surface area contributed by atoms with Crippen molar-refractivity contribution in [2.24, 2.45) is 0 Å². The second-order valence-electron chi connectivity index (χ2n) is 1.67. The SMILES string of the molecule is COc1[c]ccc(Br)c1F. The van der Waals surface area contributed by atoms with E-state index >= 15 is 0 Å². The lowest BCUT2D eigenvalue weighted by Gasteiger charge is -2.00. The molecule has 0 spiro atoms. The molecule has 0 saturated heterocycles. The maximum Gasteiger partial charge on any atom is 0.179 e. The van der Waals surface area contributed by atoms with Crippen LogP contribution in [-0.2, 0) is 0 Å². The largest absolute Gasteiger partial charge is 0.493 e. The summed E-state index contributed by atoms with van der Waals surface area (Å²) in [5, 5.41) is 0. The summed E-state index contributed by atoms with van der Waals surface area (Å²) in [6.07, 6.45) is 0. The first-order chi connectivity index (χ1) is 4.75. The van der Waals surface area contributed by atoms with Gasteiger partial charge < -0.3 is 4.74 Å². The van der Waals surface area contributed by atoms with E-state index in [1.165, 1.54) is 7.11 Å². The Balaban J connectivity index is 3.14. The van der Waals surface area contributed by atoms with E-state index in [4.69, 9.17) is 0 Å². The minimum absolute atomic E-state index is 0.134. The molecule has 1 nitrogen and oxygen atoms in total. The molecule has 0 bridgehead atoms. The number of hydrogen-bond donors (Lipinski definition) is 0. The molecule has 0 aliphatic carbocycles. The molecule has 0 aromatic heterocycles. The third-order valence-electron chi connectivity index (χ3n) is 1.06. The van der Waals surface area contributed by atoms with E-state index in [0.717, 1.165) is 0 Å². The first-order valence-electron chi connectivity index (χ1n) is 2.65. The number of rotatable bonds is 1. The number of halogens is 2. The summed E-state index contributed by atoms with van der Waals surface area (Å²) < 4.78 is 17.9. The van der Waals surface area contributed by atoms with Crippen LogP contribution in [0.4, 0.5) is 4.39 Å². The molecule has 0 N–H and O–H groups in total. The van der Waals surface area contributed by atoms with Crippen molar-refractivity contribution in [1.82, 2.24) is 0 Å². The van der Waals surface area contributed by atoms with Gasteiger partial charge in [-0.15, -0.1) is 0 Å². The molecule has 10 heavy (non-hydrogen) atoms. The highest BCUT2D eigenvalue weighted by Gasteiger charge is 2.04. The van der Waals surface area contributed by atoms with Gasteiger partial charge in [-0.1, -0.05) is 0 Å². The van der Waals surface area contributed by atoms with E-state index in [1.807, 2.05) is 0 Å². The highest BCUT2D eigenvalue weighted by Crippen LogP contribution is 2.23. The molecule has 3 heteroatoms. The Hall–Kier alpha value is -0.570. The van der Waals surface area contributed by atoms with Gasteiger partial charge in [0.1, 0.15) is 0 Å². The van der Waals surface area contributed by atoms with Gasteiger partial charge in [0, 0.05) is 6.07 Å². The van der Waals surface area contributed by atoms with Crippen molar-refractivity contribution in [1.29, 1.82) is 0 Å². The minimum Gasteiger partial charge on any atom is -0.493 e. The zero-order chi connectivity index (χ0) is 7.56. The van der Waals surface area contributed by atoms with E-state index in [1.54, 1.807) is 12.1 Å². The van der Waals surface area contributed by atoms with Crippen molar-refractivity contribution < 1.29 is 9.13 Å². The Morgan fingerprint density at radius 2 is 2.40 bits per heavy atom. The molecule has 1 rings (SSSR count). The molecule has 0 aliphatic heterocycles. The molecule has 0 unspecified atom stereocenters. The number of methoxy groups -OCH3 is 1. The molecule has 1 aromatic rings. The molecule has 0 saturated carbocycles. The molecule has 0 aliphatic rings. The molecule has 0 amide bonds. The van der Waals surface area contributed by atoms with E-state index in [-0.39, 0.29) is 5.75 Å². The molecular formula is C7H5BrFO.